The molecule has 0 saturated heterocycles. The fourth-order valence-electron chi connectivity index (χ4n) is 2.19. The second kappa shape index (κ2) is 6.58. The predicted molar refractivity (Wildman–Crippen MR) is 87.6 cm³/mol. The molecular formula is C18H11N3O3. The number of nitrogens with zero attached hydrogens (tertiary/aromatic N) is 3. The van der Waals surface area contributed by atoms with Crippen LogP contribution < -0.4 is 4.74 Å². The second-order valence-corrected chi connectivity index (χ2v) is 4.88. The van der Waals surface area contributed by atoms with E-state index in [1.54, 1.807) is 18.2 Å². The summed E-state index contributed by atoms with van der Waals surface area (Å²) in [6.07, 6.45) is 0. The normalized spacial score (nSPS) is 9.96. The van der Waals surface area contributed by atoms with Gasteiger partial charge in [-0.15, -0.1) is 0 Å². The number of benzene rings is 2. The molecule has 0 bridgehead atoms. The Morgan fingerprint density at radius 3 is 2.25 bits per heavy atom. The van der Waals surface area contributed by atoms with Gasteiger partial charge in [0.15, 0.2) is 0 Å². The molecule has 0 spiro atoms. The van der Waals surface area contributed by atoms with Crippen molar-refractivity contribution in [3.63, 3.8) is 0 Å². The zero-order chi connectivity index (χ0) is 16.9. The molecule has 0 radical (unpaired) electrons. The van der Waals surface area contributed by atoms with Crippen molar-refractivity contribution in [3.8, 4) is 28.8 Å². The second-order valence-electron chi connectivity index (χ2n) is 4.88. The first-order chi connectivity index (χ1) is 11.7. The van der Waals surface area contributed by atoms with Crippen molar-refractivity contribution in [2.75, 3.05) is 0 Å². The fourth-order valence-corrected chi connectivity index (χ4v) is 2.19. The van der Waals surface area contributed by atoms with Gasteiger partial charge in [-0.2, -0.15) is 10.2 Å². The third-order valence-electron chi connectivity index (χ3n) is 3.33. The van der Waals surface area contributed by atoms with E-state index in [2.05, 4.69) is 4.98 Å². The van der Waals surface area contributed by atoms with Gasteiger partial charge in [0.05, 0.1) is 4.92 Å². The van der Waals surface area contributed by atoms with Gasteiger partial charge in [0.25, 0.3) is 0 Å². The Kier molecular flexibility index (Phi) is 4.17. The molecule has 0 atom stereocenters. The van der Waals surface area contributed by atoms with Crippen molar-refractivity contribution in [1.29, 1.82) is 5.26 Å². The molecule has 0 aliphatic rings. The molecule has 2 aromatic carbocycles. The van der Waals surface area contributed by atoms with Crippen LogP contribution in [0.5, 0.6) is 11.6 Å². The van der Waals surface area contributed by atoms with Gasteiger partial charge in [0, 0.05) is 12.1 Å². The molecule has 3 aromatic rings. The number of nitriles is 1. The third-order valence-corrected chi connectivity index (χ3v) is 3.33. The first kappa shape index (κ1) is 15.2. The van der Waals surface area contributed by atoms with Gasteiger partial charge in [0.2, 0.25) is 11.6 Å². The minimum Gasteiger partial charge on any atom is -0.439 e. The summed E-state index contributed by atoms with van der Waals surface area (Å²) in [5.74, 6) is 0.657. The van der Waals surface area contributed by atoms with Gasteiger partial charge >= 0.3 is 5.69 Å². The van der Waals surface area contributed by atoms with Crippen molar-refractivity contribution in [3.05, 3.63) is 82.5 Å². The molecule has 24 heavy (non-hydrogen) atoms. The molecule has 0 fully saturated rings. The van der Waals surface area contributed by atoms with Crippen LogP contribution in [0.3, 0.4) is 0 Å². The summed E-state index contributed by atoms with van der Waals surface area (Å²) in [4.78, 5) is 14.0. The zero-order valence-corrected chi connectivity index (χ0v) is 12.4. The molecular weight excluding hydrogens is 306 g/mol. The van der Waals surface area contributed by atoms with E-state index in [1.165, 1.54) is 12.1 Å². The van der Waals surface area contributed by atoms with Crippen LogP contribution in [0.1, 0.15) is 5.69 Å². The molecule has 0 saturated carbocycles. The van der Waals surface area contributed by atoms with Gasteiger partial charge < -0.3 is 4.74 Å². The van der Waals surface area contributed by atoms with Crippen LogP contribution in [0.2, 0.25) is 0 Å². The minimum atomic E-state index is -0.649. The zero-order valence-electron chi connectivity index (χ0n) is 12.4. The summed E-state index contributed by atoms with van der Waals surface area (Å²) in [5, 5.41) is 19.7. The molecule has 0 amide bonds. The van der Waals surface area contributed by atoms with Crippen LogP contribution in [0, 0.1) is 21.4 Å². The van der Waals surface area contributed by atoms with Crippen molar-refractivity contribution in [1.82, 2.24) is 4.98 Å². The number of nitro groups is 1. The van der Waals surface area contributed by atoms with Crippen LogP contribution in [0.4, 0.5) is 5.69 Å². The average molecular weight is 317 g/mol. The average Bonchev–Trinajstić information content (AvgIpc) is 2.63. The highest BCUT2D eigenvalue weighted by molar-refractivity contribution is 5.64. The molecule has 1 aromatic heterocycles. The first-order valence-corrected chi connectivity index (χ1v) is 7.06. The Morgan fingerprint density at radius 2 is 1.62 bits per heavy atom. The molecule has 0 aliphatic carbocycles. The highest BCUT2D eigenvalue weighted by Crippen LogP contribution is 2.26. The summed E-state index contributed by atoms with van der Waals surface area (Å²) >= 11 is 0. The van der Waals surface area contributed by atoms with Crippen molar-refractivity contribution in [2.24, 2.45) is 0 Å². The SMILES string of the molecule is N#Cc1nc(Oc2ccc(-c3ccccc3)cc2)ccc1[N+](=O)[O-]. The lowest BCUT2D eigenvalue weighted by Crippen LogP contribution is -1.97. The predicted octanol–water partition coefficient (Wildman–Crippen LogP) is 4.32. The monoisotopic (exact) mass is 317 g/mol. The first-order valence-electron chi connectivity index (χ1n) is 7.06. The van der Waals surface area contributed by atoms with E-state index in [1.807, 2.05) is 42.5 Å². The summed E-state index contributed by atoms with van der Waals surface area (Å²) in [6.45, 7) is 0. The van der Waals surface area contributed by atoms with Crippen molar-refractivity contribution < 1.29 is 9.66 Å². The van der Waals surface area contributed by atoms with Gasteiger partial charge in [-0.05, 0) is 23.3 Å². The topological polar surface area (TPSA) is 89.0 Å². The quantitative estimate of drug-likeness (QED) is 0.528. The molecule has 3 rings (SSSR count). The molecule has 6 heteroatoms. The van der Waals surface area contributed by atoms with Crippen molar-refractivity contribution in [2.45, 2.75) is 0 Å². The van der Waals surface area contributed by atoms with E-state index in [9.17, 15) is 10.1 Å². The summed E-state index contributed by atoms with van der Waals surface area (Å²) < 4.78 is 5.56. The van der Waals surface area contributed by atoms with Crippen LogP contribution in [0.25, 0.3) is 11.1 Å². The fraction of sp³-hybridized carbons (Fsp3) is 0. The Hall–Kier alpha value is -3.72. The Labute approximate surface area is 137 Å². The maximum atomic E-state index is 10.8. The van der Waals surface area contributed by atoms with Crippen molar-refractivity contribution >= 4 is 5.69 Å². The number of aromatic nitrogens is 1. The lowest BCUT2D eigenvalue weighted by Gasteiger charge is -2.06. The third kappa shape index (κ3) is 3.20. The number of pyridine rings is 1. The number of ether oxygens (including phenoxy) is 1. The highest BCUT2D eigenvalue weighted by Gasteiger charge is 2.16. The lowest BCUT2D eigenvalue weighted by atomic mass is 10.1. The summed E-state index contributed by atoms with van der Waals surface area (Å²) in [6, 6.07) is 21.5. The Morgan fingerprint density at radius 1 is 0.958 bits per heavy atom. The van der Waals surface area contributed by atoms with E-state index in [0.717, 1.165) is 11.1 Å². The van der Waals surface area contributed by atoms with Crippen LogP contribution in [-0.2, 0) is 0 Å². The Balaban J connectivity index is 1.82. The van der Waals surface area contributed by atoms with E-state index in [4.69, 9.17) is 10.00 Å². The summed E-state index contributed by atoms with van der Waals surface area (Å²) in [7, 11) is 0. The molecule has 6 nitrogen and oxygen atoms in total. The smallest absolute Gasteiger partial charge is 0.305 e. The minimum absolute atomic E-state index is 0.129. The largest absolute Gasteiger partial charge is 0.439 e. The molecule has 116 valence electrons. The van der Waals surface area contributed by atoms with E-state index < -0.39 is 4.92 Å². The van der Waals surface area contributed by atoms with Crippen LogP contribution >= 0.6 is 0 Å². The molecule has 1 heterocycles. The van der Waals surface area contributed by atoms with E-state index in [-0.39, 0.29) is 17.3 Å². The standard InChI is InChI=1S/C18H11N3O3/c19-12-16-17(21(22)23)10-11-18(20-16)24-15-8-6-14(7-9-15)13-4-2-1-3-5-13/h1-11H. The van der Waals surface area contributed by atoms with E-state index in [0.29, 0.717) is 5.75 Å². The van der Waals surface area contributed by atoms with Crippen LogP contribution in [-0.4, -0.2) is 9.91 Å². The molecule has 0 unspecified atom stereocenters. The maximum absolute atomic E-state index is 10.8. The van der Waals surface area contributed by atoms with Gasteiger partial charge in [0.1, 0.15) is 11.8 Å². The number of hydrogen-bond donors (Lipinski definition) is 0. The maximum Gasteiger partial charge on any atom is 0.305 e. The van der Waals surface area contributed by atoms with Gasteiger partial charge in [-0.3, -0.25) is 10.1 Å². The molecule has 0 aliphatic heterocycles. The highest BCUT2D eigenvalue weighted by atomic mass is 16.6. The number of rotatable bonds is 4. The van der Waals surface area contributed by atoms with Gasteiger partial charge in [-0.1, -0.05) is 42.5 Å². The van der Waals surface area contributed by atoms with Gasteiger partial charge in [-0.25, -0.2) is 0 Å². The lowest BCUT2D eigenvalue weighted by molar-refractivity contribution is -0.385. The summed E-state index contributed by atoms with van der Waals surface area (Å²) in [5.41, 5.74) is 1.50. The number of hydrogen-bond acceptors (Lipinski definition) is 5. The molecule has 0 N–H and O–H groups in total. The van der Waals surface area contributed by atoms with E-state index >= 15 is 0 Å². The van der Waals surface area contributed by atoms with Crippen LogP contribution in [0.15, 0.2) is 66.7 Å². The Bertz CT molecular complexity index is 916.